The van der Waals surface area contributed by atoms with Crippen molar-refractivity contribution in [2.45, 2.75) is 43.2 Å². The SMILES string of the molecule is N#Cc1c(C2CCCCC2)nc(S)[nH]c1=N. The molecule has 1 aromatic rings. The van der Waals surface area contributed by atoms with Gasteiger partial charge in [-0.1, -0.05) is 19.3 Å². The lowest BCUT2D eigenvalue weighted by atomic mass is 9.85. The topological polar surface area (TPSA) is 76.3 Å². The molecule has 1 aliphatic rings. The molecule has 0 radical (unpaired) electrons. The van der Waals surface area contributed by atoms with Crippen molar-refractivity contribution >= 4 is 12.6 Å². The Morgan fingerprint density at radius 2 is 2.06 bits per heavy atom. The van der Waals surface area contributed by atoms with Gasteiger partial charge in [0.25, 0.3) is 0 Å². The maximum atomic E-state index is 9.07. The normalized spacial score (nSPS) is 17.0. The summed E-state index contributed by atoms with van der Waals surface area (Å²) in [5.74, 6) is 0.327. The Balaban J connectivity index is 2.46. The van der Waals surface area contributed by atoms with Gasteiger partial charge < -0.3 is 4.98 Å². The van der Waals surface area contributed by atoms with Gasteiger partial charge in [0.05, 0.1) is 5.69 Å². The Hall–Kier alpha value is -1.28. The highest BCUT2D eigenvalue weighted by Crippen LogP contribution is 2.32. The molecule has 1 saturated carbocycles. The van der Waals surface area contributed by atoms with E-state index < -0.39 is 0 Å². The Labute approximate surface area is 99.7 Å². The van der Waals surface area contributed by atoms with Gasteiger partial charge in [-0.2, -0.15) is 5.26 Å². The van der Waals surface area contributed by atoms with E-state index in [4.69, 9.17) is 10.7 Å². The van der Waals surface area contributed by atoms with Gasteiger partial charge in [-0.05, 0) is 12.8 Å². The lowest BCUT2D eigenvalue weighted by Gasteiger charge is -2.21. The minimum atomic E-state index is 0.128. The van der Waals surface area contributed by atoms with Crippen molar-refractivity contribution in [2.75, 3.05) is 0 Å². The Bertz CT molecular complexity index is 480. The molecule has 0 aromatic carbocycles. The third-order valence-electron chi connectivity index (χ3n) is 3.07. The first-order chi connectivity index (χ1) is 7.72. The molecule has 1 fully saturated rings. The largest absolute Gasteiger partial charge is 0.319 e. The van der Waals surface area contributed by atoms with E-state index >= 15 is 0 Å². The van der Waals surface area contributed by atoms with Gasteiger partial charge >= 0.3 is 0 Å². The van der Waals surface area contributed by atoms with Crippen LogP contribution in [0.5, 0.6) is 0 Å². The standard InChI is InChI=1S/C11H14N4S/c12-6-8-9(7-4-2-1-3-5-7)14-11(16)15-10(8)13/h7H,1-5H2,(H3,13,14,15,16). The first-order valence-corrected chi connectivity index (χ1v) is 5.95. The number of hydrogen-bond acceptors (Lipinski definition) is 4. The molecule has 5 heteroatoms. The van der Waals surface area contributed by atoms with Crippen molar-refractivity contribution in [3.63, 3.8) is 0 Å². The molecule has 0 saturated heterocycles. The van der Waals surface area contributed by atoms with Crippen LogP contribution in [0, 0.1) is 16.7 Å². The fourth-order valence-corrected chi connectivity index (χ4v) is 2.50. The van der Waals surface area contributed by atoms with E-state index in [0.717, 1.165) is 18.5 Å². The molecular formula is C11H14N4S. The second kappa shape index (κ2) is 4.71. The zero-order valence-corrected chi connectivity index (χ0v) is 9.85. The number of hydrogen-bond donors (Lipinski definition) is 3. The lowest BCUT2D eigenvalue weighted by Crippen LogP contribution is -2.19. The maximum absolute atomic E-state index is 9.07. The summed E-state index contributed by atoms with van der Waals surface area (Å²) in [5, 5.41) is 17.2. The fraction of sp³-hybridized carbons (Fsp3) is 0.545. The van der Waals surface area contributed by atoms with Crippen LogP contribution in [0.3, 0.4) is 0 Å². The summed E-state index contributed by atoms with van der Waals surface area (Å²) in [4.78, 5) is 6.96. The average molecular weight is 234 g/mol. The van der Waals surface area contributed by atoms with Crippen LogP contribution in [0.1, 0.15) is 49.3 Å². The predicted octanol–water partition coefficient (Wildman–Crippen LogP) is 2.10. The number of aromatic amines is 1. The van der Waals surface area contributed by atoms with Crippen molar-refractivity contribution in [1.29, 1.82) is 10.7 Å². The summed E-state index contributed by atoms with van der Waals surface area (Å²) in [6.07, 6.45) is 5.77. The molecule has 0 amide bonds. The second-order valence-electron chi connectivity index (χ2n) is 4.14. The van der Waals surface area contributed by atoms with Crippen molar-refractivity contribution in [3.05, 3.63) is 16.7 Å². The predicted molar refractivity (Wildman–Crippen MR) is 62.2 cm³/mol. The maximum Gasteiger partial charge on any atom is 0.163 e. The van der Waals surface area contributed by atoms with Crippen LogP contribution in [-0.4, -0.2) is 9.97 Å². The van der Waals surface area contributed by atoms with Crippen LogP contribution in [-0.2, 0) is 0 Å². The molecular weight excluding hydrogens is 220 g/mol. The highest BCUT2D eigenvalue weighted by atomic mass is 32.1. The van der Waals surface area contributed by atoms with Gasteiger partial charge in [0.15, 0.2) is 5.16 Å². The van der Waals surface area contributed by atoms with Crippen LogP contribution < -0.4 is 5.49 Å². The number of H-pyrrole nitrogens is 1. The Morgan fingerprint density at radius 1 is 1.38 bits per heavy atom. The van der Waals surface area contributed by atoms with Gasteiger partial charge in [0, 0.05) is 5.92 Å². The molecule has 0 bridgehead atoms. The van der Waals surface area contributed by atoms with E-state index in [1.807, 2.05) is 0 Å². The summed E-state index contributed by atoms with van der Waals surface area (Å²) < 4.78 is 0. The Kier molecular flexibility index (Phi) is 3.30. The molecule has 1 heterocycles. The number of aromatic nitrogens is 2. The van der Waals surface area contributed by atoms with E-state index in [1.54, 1.807) is 0 Å². The third kappa shape index (κ3) is 2.12. The second-order valence-corrected chi connectivity index (χ2v) is 4.57. The lowest BCUT2D eigenvalue weighted by molar-refractivity contribution is 0.432. The third-order valence-corrected chi connectivity index (χ3v) is 3.28. The summed E-state index contributed by atoms with van der Waals surface area (Å²) in [6.45, 7) is 0. The average Bonchev–Trinajstić information content (AvgIpc) is 2.29. The molecule has 0 atom stereocenters. The number of thiol groups is 1. The van der Waals surface area contributed by atoms with Crippen LogP contribution in [0.25, 0.3) is 0 Å². The fourth-order valence-electron chi connectivity index (χ4n) is 2.28. The smallest absolute Gasteiger partial charge is 0.163 e. The van der Waals surface area contributed by atoms with Crippen LogP contribution in [0.15, 0.2) is 5.16 Å². The van der Waals surface area contributed by atoms with E-state index in [-0.39, 0.29) is 5.49 Å². The van der Waals surface area contributed by atoms with Crippen LogP contribution in [0.2, 0.25) is 0 Å². The van der Waals surface area contributed by atoms with Crippen molar-refractivity contribution in [2.24, 2.45) is 0 Å². The highest BCUT2D eigenvalue weighted by Gasteiger charge is 2.21. The molecule has 1 aromatic heterocycles. The minimum absolute atomic E-state index is 0.128. The van der Waals surface area contributed by atoms with E-state index in [0.29, 0.717) is 16.6 Å². The molecule has 2 N–H and O–H groups in total. The van der Waals surface area contributed by atoms with Crippen molar-refractivity contribution < 1.29 is 0 Å². The van der Waals surface area contributed by atoms with Crippen LogP contribution >= 0.6 is 12.6 Å². The number of nitrogens with zero attached hydrogens (tertiary/aromatic N) is 2. The first-order valence-electron chi connectivity index (χ1n) is 5.50. The first kappa shape index (κ1) is 11.2. The molecule has 4 nitrogen and oxygen atoms in total. The quantitative estimate of drug-likeness (QED) is 0.514. The number of rotatable bonds is 1. The summed E-state index contributed by atoms with van der Waals surface area (Å²) in [7, 11) is 0. The Morgan fingerprint density at radius 3 is 2.69 bits per heavy atom. The molecule has 2 rings (SSSR count). The van der Waals surface area contributed by atoms with E-state index in [9.17, 15) is 0 Å². The van der Waals surface area contributed by atoms with Crippen molar-refractivity contribution in [3.8, 4) is 6.07 Å². The zero-order valence-electron chi connectivity index (χ0n) is 8.95. The van der Waals surface area contributed by atoms with Gasteiger partial charge in [-0.3, -0.25) is 5.41 Å². The van der Waals surface area contributed by atoms with Gasteiger partial charge in [-0.15, -0.1) is 12.6 Å². The number of nitrogens with one attached hydrogen (secondary N) is 2. The molecule has 84 valence electrons. The highest BCUT2D eigenvalue weighted by molar-refractivity contribution is 7.80. The van der Waals surface area contributed by atoms with Gasteiger partial charge in [-0.25, -0.2) is 4.98 Å². The minimum Gasteiger partial charge on any atom is -0.319 e. The number of nitriles is 1. The molecule has 0 unspecified atom stereocenters. The summed E-state index contributed by atoms with van der Waals surface area (Å²) >= 11 is 4.13. The summed E-state index contributed by atoms with van der Waals surface area (Å²) in [5.41, 5.74) is 1.27. The molecule has 16 heavy (non-hydrogen) atoms. The monoisotopic (exact) mass is 234 g/mol. The molecule has 0 spiro atoms. The van der Waals surface area contributed by atoms with E-state index in [2.05, 4.69) is 28.7 Å². The molecule has 1 aliphatic carbocycles. The van der Waals surface area contributed by atoms with Crippen LogP contribution in [0.4, 0.5) is 0 Å². The van der Waals surface area contributed by atoms with E-state index in [1.165, 1.54) is 19.3 Å². The summed E-state index contributed by atoms with van der Waals surface area (Å²) in [6, 6.07) is 2.07. The van der Waals surface area contributed by atoms with Crippen molar-refractivity contribution in [1.82, 2.24) is 9.97 Å². The molecule has 0 aliphatic heterocycles. The van der Waals surface area contributed by atoms with Gasteiger partial charge in [0.1, 0.15) is 17.1 Å². The van der Waals surface area contributed by atoms with Gasteiger partial charge in [0.2, 0.25) is 0 Å². The zero-order chi connectivity index (χ0) is 11.5.